The molecule has 3 heteroatoms. The summed E-state index contributed by atoms with van der Waals surface area (Å²) in [6, 6.07) is 0. The molecule has 0 spiro atoms. The summed E-state index contributed by atoms with van der Waals surface area (Å²) < 4.78 is 9.53. The molecule has 36 valence electrons. The summed E-state index contributed by atoms with van der Waals surface area (Å²) in [5.74, 6) is 0. The molecule has 0 aromatic rings. The molecular weight excluding hydrogens is 187 g/mol. The predicted molar refractivity (Wildman–Crippen MR) is 24.6 cm³/mol. The Labute approximate surface area is 48.6 Å². The zero-order valence-electron chi connectivity index (χ0n) is 4.02. The summed E-state index contributed by atoms with van der Waals surface area (Å²) in [5, 5.41) is 0. The number of rotatable bonds is 3. The molecule has 0 bridgehead atoms. The van der Waals surface area contributed by atoms with E-state index in [1.165, 1.54) is 0 Å². The van der Waals surface area contributed by atoms with E-state index in [9.17, 15) is 0 Å². The molecular formula is C3H8O2Sn. The van der Waals surface area contributed by atoms with Gasteiger partial charge in [0.2, 0.25) is 0 Å². The SMILES string of the molecule is COC[O][Sn][CH3]. The van der Waals surface area contributed by atoms with E-state index in [1.54, 1.807) is 7.11 Å². The summed E-state index contributed by atoms with van der Waals surface area (Å²) in [5.41, 5.74) is 0. The van der Waals surface area contributed by atoms with Crippen molar-refractivity contribution in [2.45, 2.75) is 4.94 Å². The van der Waals surface area contributed by atoms with E-state index >= 15 is 0 Å². The molecule has 0 atom stereocenters. The number of hydrogen-bond donors (Lipinski definition) is 0. The van der Waals surface area contributed by atoms with Crippen LogP contribution in [0.1, 0.15) is 0 Å². The Kier molecular flexibility index (Phi) is 6.40. The summed E-state index contributed by atoms with van der Waals surface area (Å²) >= 11 is -0.435. The van der Waals surface area contributed by atoms with Crippen LogP contribution in [0, 0.1) is 0 Å². The minimum absolute atomic E-state index is 0.435. The van der Waals surface area contributed by atoms with E-state index in [2.05, 4.69) is 9.68 Å². The van der Waals surface area contributed by atoms with Gasteiger partial charge in [-0.25, -0.2) is 0 Å². The molecule has 6 heavy (non-hydrogen) atoms. The molecule has 0 amide bonds. The fourth-order valence-electron chi connectivity index (χ4n) is 0.118. The van der Waals surface area contributed by atoms with E-state index in [0.29, 0.717) is 6.79 Å². The fraction of sp³-hybridized carbons (Fsp3) is 1.00. The summed E-state index contributed by atoms with van der Waals surface area (Å²) in [6.45, 7) is 0.489. The average Bonchev–Trinajstić information content (AvgIpc) is 1.61. The van der Waals surface area contributed by atoms with Crippen LogP contribution in [0.3, 0.4) is 0 Å². The van der Waals surface area contributed by atoms with Gasteiger partial charge in [0.05, 0.1) is 0 Å². The van der Waals surface area contributed by atoms with Crippen molar-refractivity contribution in [3.05, 3.63) is 0 Å². The van der Waals surface area contributed by atoms with E-state index in [-0.39, 0.29) is 0 Å². The van der Waals surface area contributed by atoms with E-state index < -0.39 is 21.6 Å². The van der Waals surface area contributed by atoms with Gasteiger partial charge in [-0.1, -0.05) is 0 Å². The molecule has 0 fully saturated rings. The standard InChI is InChI=1S/C2H5O2.CH3.Sn/c1-4-2-3;;/h2H2,1H3;1H3;/q-1;;+1. The van der Waals surface area contributed by atoms with Crippen LogP contribution in [0.25, 0.3) is 0 Å². The van der Waals surface area contributed by atoms with Gasteiger partial charge in [0, 0.05) is 0 Å². The molecule has 0 N–H and O–H groups in total. The Morgan fingerprint density at radius 1 is 1.67 bits per heavy atom. The molecule has 0 aliphatic rings. The molecule has 0 unspecified atom stereocenters. The zero-order chi connectivity index (χ0) is 4.83. The van der Waals surface area contributed by atoms with Crippen LogP contribution < -0.4 is 0 Å². The predicted octanol–water partition coefficient (Wildman–Crippen LogP) is 0.274. The molecule has 0 aliphatic carbocycles. The first-order chi connectivity index (χ1) is 2.91. The normalized spacial score (nSPS) is 9.00. The maximum absolute atomic E-state index is 4.93. The summed E-state index contributed by atoms with van der Waals surface area (Å²) in [7, 11) is 1.63. The Morgan fingerprint density at radius 2 is 2.33 bits per heavy atom. The first kappa shape index (κ1) is 6.72. The van der Waals surface area contributed by atoms with Crippen LogP contribution in [0.5, 0.6) is 0 Å². The summed E-state index contributed by atoms with van der Waals surface area (Å²) in [4.78, 5) is 2.10. The van der Waals surface area contributed by atoms with Gasteiger partial charge in [-0.2, -0.15) is 0 Å². The van der Waals surface area contributed by atoms with Crippen LogP contribution in [0.2, 0.25) is 4.94 Å². The van der Waals surface area contributed by atoms with Gasteiger partial charge in [-0.3, -0.25) is 0 Å². The first-order valence-electron chi connectivity index (χ1n) is 1.69. The van der Waals surface area contributed by atoms with E-state index in [4.69, 9.17) is 3.07 Å². The van der Waals surface area contributed by atoms with E-state index in [0.717, 1.165) is 0 Å². The average molecular weight is 195 g/mol. The quantitative estimate of drug-likeness (QED) is 0.365. The minimum atomic E-state index is -0.435. The van der Waals surface area contributed by atoms with Gasteiger partial charge in [-0.05, 0) is 0 Å². The van der Waals surface area contributed by atoms with Crippen molar-refractivity contribution in [1.29, 1.82) is 0 Å². The van der Waals surface area contributed by atoms with Crippen molar-refractivity contribution < 1.29 is 7.81 Å². The van der Waals surface area contributed by atoms with Crippen LogP contribution in [-0.2, 0) is 7.81 Å². The van der Waals surface area contributed by atoms with Gasteiger partial charge in [0.25, 0.3) is 0 Å². The van der Waals surface area contributed by atoms with Crippen LogP contribution in [0.4, 0.5) is 0 Å². The molecule has 0 rings (SSSR count). The van der Waals surface area contributed by atoms with Crippen molar-refractivity contribution in [3.8, 4) is 0 Å². The van der Waals surface area contributed by atoms with E-state index in [1.807, 2.05) is 0 Å². The topological polar surface area (TPSA) is 18.5 Å². The van der Waals surface area contributed by atoms with Crippen molar-refractivity contribution in [1.82, 2.24) is 0 Å². The second-order valence-corrected chi connectivity index (χ2v) is 2.74. The molecule has 0 aromatic carbocycles. The molecule has 2 nitrogen and oxygen atoms in total. The molecule has 0 saturated carbocycles. The Morgan fingerprint density at radius 3 is 2.50 bits per heavy atom. The first-order valence-corrected chi connectivity index (χ1v) is 5.71. The fourth-order valence-corrected chi connectivity index (χ4v) is 0.791. The Bertz CT molecular complexity index is 20.8. The third kappa shape index (κ3) is 4.72. The van der Waals surface area contributed by atoms with Gasteiger partial charge in [0.1, 0.15) is 0 Å². The van der Waals surface area contributed by atoms with Crippen molar-refractivity contribution in [2.24, 2.45) is 0 Å². The third-order valence-electron chi connectivity index (χ3n) is 0.321. The zero-order valence-corrected chi connectivity index (χ0v) is 6.88. The monoisotopic (exact) mass is 196 g/mol. The van der Waals surface area contributed by atoms with Crippen LogP contribution in [-0.4, -0.2) is 35.5 Å². The molecule has 0 saturated heterocycles. The van der Waals surface area contributed by atoms with Gasteiger partial charge < -0.3 is 0 Å². The molecule has 0 aromatic heterocycles. The van der Waals surface area contributed by atoms with Crippen molar-refractivity contribution >= 4 is 21.6 Å². The van der Waals surface area contributed by atoms with Crippen LogP contribution >= 0.6 is 0 Å². The molecule has 0 aliphatic heterocycles. The second-order valence-electron chi connectivity index (χ2n) is 0.755. The number of hydrogen-bond acceptors (Lipinski definition) is 2. The Balaban J connectivity index is 2.34. The summed E-state index contributed by atoms with van der Waals surface area (Å²) in [6.07, 6.45) is 0. The van der Waals surface area contributed by atoms with Gasteiger partial charge in [0.15, 0.2) is 0 Å². The maximum atomic E-state index is 4.93. The Hall–Kier alpha value is 0.719. The van der Waals surface area contributed by atoms with Gasteiger partial charge >= 0.3 is 48.2 Å². The van der Waals surface area contributed by atoms with Crippen molar-refractivity contribution in [3.63, 3.8) is 0 Å². The molecule has 2 radical (unpaired) electrons. The second kappa shape index (κ2) is 5.72. The van der Waals surface area contributed by atoms with Crippen LogP contribution in [0.15, 0.2) is 0 Å². The molecule has 0 heterocycles. The third-order valence-corrected chi connectivity index (χ3v) is 1.48. The number of methoxy groups -OCH3 is 1. The van der Waals surface area contributed by atoms with Gasteiger partial charge in [-0.15, -0.1) is 0 Å². The number of ether oxygens (including phenoxy) is 1. The van der Waals surface area contributed by atoms with Crippen molar-refractivity contribution in [2.75, 3.05) is 13.9 Å².